The molecule has 1 atom stereocenters. The van der Waals surface area contributed by atoms with Crippen molar-refractivity contribution in [2.45, 2.75) is 26.8 Å². The fraction of sp³-hybridized carbons (Fsp3) is 0.267. The Kier molecular flexibility index (Phi) is 8.18. The zero-order valence-electron chi connectivity index (χ0n) is 22.0. The van der Waals surface area contributed by atoms with E-state index in [1.165, 1.54) is 7.11 Å². The third-order valence-electron chi connectivity index (χ3n) is 6.11. The summed E-state index contributed by atoms with van der Waals surface area (Å²) in [6, 6.07) is 12.7. The number of methoxy groups -OCH3 is 1. The molecule has 3 aromatic rings. The van der Waals surface area contributed by atoms with E-state index in [1.807, 2.05) is 13.8 Å². The molecule has 3 aromatic carbocycles. The van der Waals surface area contributed by atoms with Gasteiger partial charge in [0, 0.05) is 11.6 Å². The van der Waals surface area contributed by atoms with Gasteiger partial charge in [-0.05, 0) is 54.8 Å². The molecule has 9 heteroatoms. The van der Waals surface area contributed by atoms with Crippen LogP contribution in [0.2, 0.25) is 0 Å². The van der Waals surface area contributed by atoms with Crippen LogP contribution in [0.4, 0.5) is 14.5 Å². The van der Waals surface area contributed by atoms with Crippen LogP contribution in [0.25, 0.3) is 5.76 Å². The second kappa shape index (κ2) is 11.6. The zero-order chi connectivity index (χ0) is 28.3. The van der Waals surface area contributed by atoms with Gasteiger partial charge in [-0.25, -0.2) is 8.78 Å². The Balaban J connectivity index is 1.93. The van der Waals surface area contributed by atoms with Gasteiger partial charge in [-0.15, -0.1) is 0 Å². The van der Waals surface area contributed by atoms with Gasteiger partial charge in [-0.2, -0.15) is 0 Å². The summed E-state index contributed by atoms with van der Waals surface area (Å²) in [7, 11) is 1.46. The van der Waals surface area contributed by atoms with Gasteiger partial charge in [0.25, 0.3) is 11.7 Å². The van der Waals surface area contributed by atoms with Crippen molar-refractivity contribution in [2.24, 2.45) is 5.92 Å². The highest BCUT2D eigenvalue weighted by molar-refractivity contribution is 6.51. The van der Waals surface area contributed by atoms with E-state index in [1.54, 1.807) is 49.4 Å². The monoisotopic (exact) mass is 537 g/mol. The molecule has 0 aliphatic carbocycles. The number of rotatable bonds is 9. The van der Waals surface area contributed by atoms with Gasteiger partial charge in [-0.1, -0.05) is 32.0 Å². The molecule has 1 aliphatic heterocycles. The first-order chi connectivity index (χ1) is 18.7. The lowest BCUT2D eigenvalue weighted by molar-refractivity contribution is -0.132. The van der Waals surface area contributed by atoms with Gasteiger partial charge < -0.3 is 19.3 Å². The molecule has 7 nitrogen and oxygen atoms in total. The van der Waals surface area contributed by atoms with E-state index < -0.39 is 35.1 Å². The van der Waals surface area contributed by atoms with Gasteiger partial charge in [0.15, 0.2) is 11.5 Å². The molecule has 0 bridgehead atoms. The third-order valence-corrected chi connectivity index (χ3v) is 6.11. The number of ketones is 1. The van der Waals surface area contributed by atoms with Gasteiger partial charge in [0.2, 0.25) is 0 Å². The zero-order valence-corrected chi connectivity index (χ0v) is 22.0. The summed E-state index contributed by atoms with van der Waals surface area (Å²) >= 11 is 0. The smallest absolute Gasteiger partial charge is 0.300 e. The quantitative estimate of drug-likeness (QED) is 0.204. The molecule has 1 heterocycles. The van der Waals surface area contributed by atoms with Crippen LogP contribution in [0.5, 0.6) is 17.2 Å². The summed E-state index contributed by atoms with van der Waals surface area (Å²) in [5.41, 5.74) is -0.00369. The Morgan fingerprint density at radius 3 is 2.44 bits per heavy atom. The number of carbonyl (C=O) groups is 2. The molecule has 0 aromatic heterocycles. The first kappa shape index (κ1) is 27.6. The third kappa shape index (κ3) is 5.57. The molecule has 1 unspecified atom stereocenters. The molecule has 1 fully saturated rings. The molecule has 1 N–H and O–H groups in total. The number of anilines is 1. The molecule has 0 saturated carbocycles. The number of benzene rings is 3. The van der Waals surface area contributed by atoms with Gasteiger partial charge in [0.05, 0.1) is 37.6 Å². The van der Waals surface area contributed by atoms with Crippen LogP contribution in [0.1, 0.15) is 37.9 Å². The van der Waals surface area contributed by atoms with E-state index in [4.69, 9.17) is 14.2 Å². The molecule has 1 amide bonds. The number of hydrogen-bond donors (Lipinski definition) is 1. The SMILES string of the molecule is CCOc1cc(C2/C(=C(\O)c3cccc(OCC(C)C)c3)C(=O)C(=O)N2c2ccc(F)cc2F)ccc1OC. The molecule has 0 radical (unpaired) electrons. The largest absolute Gasteiger partial charge is 0.507 e. The van der Waals surface area contributed by atoms with Gasteiger partial charge in [0.1, 0.15) is 23.1 Å². The minimum absolute atomic E-state index is 0.234. The first-order valence-corrected chi connectivity index (χ1v) is 12.5. The molecule has 1 aliphatic rings. The topological polar surface area (TPSA) is 85.3 Å². The summed E-state index contributed by atoms with van der Waals surface area (Å²) in [5.74, 6) is -3.00. The van der Waals surface area contributed by atoms with Crippen molar-refractivity contribution in [3.8, 4) is 17.2 Å². The minimum Gasteiger partial charge on any atom is -0.507 e. The predicted octanol–water partition coefficient (Wildman–Crippen LogP) is 6.03. The van der Waals surface area contributed by atoms with Crippen molar-refractivity contribution < 1.29 is 37.7 Å². The summed E-state index contributed by atoms with van der Waals surface area (Å²) in [4.78, 5) is 27.7. The van der Waals surface area contributed by atoms with Crippen LogP contribution in [0.3, 0.4) is 0 Å². The van der Waals surface area contributed by atoms with Crippen molar-refractivity contribution in [3.63, 3.8) is 0 Å². The number of ether oxygens (including phenoxy) is 3. The van der Waals surface area contributed by atoms with Crippen LogP contribution in [0, 0.1) is 17.6 Å². The van der Waals surface area contributed by atoms with Crippen LogP contribution >= 0.6 is 0 Å². The Morgan fingerprint density at radius 2 is 1.77 bits per heavy atom. The van der Waals surface area contributed by atoms with Crippen LogP contribution in [-0.4, -0.2) is 37.1 Å². The van der Waals surface area contributed by atoms with Gasteiger partial charge in [-0.3, -0.25) is 14.5 Å². The molecule has 39 heavy (non-hydrogen) atoms. The number of carbonyl (C=O) groups excluding carboxylic acids is 2. The number of amides is 1. The fourth-order valence-electron chi connectivity index (χ4n) is 4.36. The van der Waals surface area contributed by atoms with E-state index in [0.717, 1.165) is 17.0 Å². The van der Waals surface area contributed by atoms with E-state index in [-0.39, 0.29) is 22.7 Å². The van der Waals surface area contributed by atoms with Crippen molar-refractivity contribution in [2.75, 3.05) is 25.2 Å². The standard InChI is InChI=1S/C30H29F2NO6/c1-5-38-25-14-18(9-12-24(25)37-4)27-26(28(34)19-7-6-8-21(13-19)39-16-17(2)3)29(35)30(36)33(27)23-11-10-20(31)15-22(23)32/h6-15,17,27,34H,5,16H2,1-4H3/b28-26+. The van der Waals surface area contributed by atoms with E-state index in [9.17, 15) is 23.5 Å². The lowest BCUT2D eigenvalue weighted by Gasteiger charge is -2.26. The highest BCUT2D eigenvalue weighted by atomic mass is 19.1. The Bertz CT molecular complexity index is 1430. The fourth-order valence-corrected chi connectivity index (χ4v) is 4.36. The molecule has 4 rings (SSSR count). The predicted molar refractivity (Wildman–Crippen MR) is 142 cm³/mol. The Hall–Kier alpha value is -4.40. The van der Waals surface area contributed by atoms with Crippen molar-refractivity contribution in [1.29, 1.82) is 0 Å². The summed E-state index contributed by atoms with van der Waals surface area (Å²) in [6.07, 6.45) is 0. The number of nitrogens with zero attached hydrogens (tertiary/aromatic N) is 1. The number of aliphatic hydroxyl groups is 1. The van der Waals surface area contributed by atoms with Crippen LogP contribution in [0.15, 0.2) is 66.2 Å². The van der Waals surface area contributed by atoms with E-state index in [0.29, 0.717) is 42.1 Å². The molecule has 204 valence electrons. The number of hydrogen-bond acceptors (Lipinski definition) is 6. The summed E-state index contributed by atoms with van der Waals surface area (Å²) in [5, 5.41) is 11.4. The summed E-state index contributed by atoms with van der Waals surface area (Å²) < 4.78 is 45.5. The Morgan fingerprint density at radius 1 is 1.00 bits per heavy atom. The highest BCUT2D eigenvalue weighted by Gasteiger charge is 2.48. The number of aliphatic hydroxyl groups excluding tert-OH is 1. The van der Waals surface area contributed by atoms with Crippen molar-refractivity contribution >= 4 is 23.1 Å². The van der Waals surface area contributed by atoms with Crippen molar-refractivity contribution in [3.05, 3.63) is 89.0 Å². The maximum atomic E-state index is 15.0. The lowest BCUT2D eigenvalue weighted by Crippen LogP contribution is -2.30. The van der Waals surface area contributed by atoms with Crippen LogP contribution in [-0.2, 0) is 9.59 Å². The normalized spacial score (nSPS) is 16.6. The second-order valence-electron chi connectivity index (χ2n) is 9.34. The first-order valence-electron chi connectivity index (χ1n) is 12.5. The molecule has 1 saturated heterocycles. The van der Waals surface area contributed by atoms with Gasteiger partial charge >= 0.3 is 0 Å². The minimum atomic E-state index is -1.25. The molecular weight excluding hydrogens is 508 g/mol. The molecule has 0 spiro atoms. The van der Waals surface area contributed by atoms with Crippen LogP contribution < -0.4 is 19.1 Å². The average Bonchev–Trinajstić information content (AvgIpc) is 3.17. The van der Waals surface area contributed by atoms with Crippen molar-refractivity contribution in [1.82, 2.24) is 0 Å². The highest BCUT2D eigenvalue weighted by Crippen LogP contribution is 2.45. The van der Waals surface area contributed by atoms with E-state index >= 15 is 0 Å². The lowest BCUT2D eigenvalue weighted by atomic mass is 9.94. The molecular formula is C30H29F2NO6. The Labute approximate surface area is 225 Å². The van der Waals surface area contributed by atoms with E-state index in [2.05, 4.69) is 0 Å². The summed E-state index contributed by atoms with van der Waals surface area (Å²) in [6.45, 7) is 6.50. The second-order valence-corrected chi connectivity index (χ2v) is 9.34. The number of halogens is 2. The maximum absolute atomic E-state index is 15.0. The average molecular weight is 538 g/mol. The number of Topliss-reactive ketones (excluding diaryl/α,β-unsaturated/α-hetero) is 1. The maximum Gasteiger partial charge on any atom is 0.300 e.